The molecule has 0 unspecified atom stereocenters. The number of benzene rings is 1. The highest BCUT2D eigenvalue weighted by Crippen LogP contribution is 2.26. The second-order valence-electron chi connectivity index (χ2n) is 3.55. The van der Waals surface area contributed by atoms with E-state index in [1.165, 1.54) is 5.56 Å². The van der Waals surface area contributed by atoms with E-state index in [4.69, 9.17) is 5.26 Å². The molecule has 0 N–H and O–H groups in total. The number of aliphatic imine (C=N–C) groups is 1. The van der Waals surface area contributed by atoms with Gasteiger partial charge in [0.25, 0.3) is 0 Å². The summed E-state index contributed by atoms with van der Waals surface area (Å²) in [5.74, 6) is 0. The molecule has 0 saturated carbocycles. The molecule has 1 aromatic carbocycles. The van der Waals surface area contributed by atoms with Gasteiger partial charge in [-0.3, -0.25) is 4.99 Å². The second-order valence-corrected chi connectivity index (χ2v) is 3.55. The molecule has 0 bridgehead atoms. The van der Waals surface area contributed by atoms with Gasteiger partial charge in [0.05, 0.1) is 17.3 Å². The van der Waals surface area contributed by atoms with Crippen molar-refractivity contribution in [1.29, 1.82) is 5.26 Å². The van der Waals surface area contributed by atoms with E-state index < -0.39 is 0 Å². The number of nitrogens with zero attached hydrogens (tertiary/aromatic N) is 2. The molecular weight excluding hydrogens is 184 g/mol. The van der Waals surface area contributed by atoms with Crippen molar-refractivity contribution in [2.24, 2.45) is 4.99 Å². The molecule has 0 aliphatic heterocycles. The largest absolute Gasteiger partial charge is 0.261 e. The van der Waals surface area contributed by atoms with Crippen LogP contribution in [0.4, 0.5) is 5.69 Å². The third kappa shape index (κ3) is 2.66. The zero-order valence-corrected chi connectivity index (χ0v) is 9.54. The topological polar surface area (TPSA) is 36.1 Å². The summed E-state index contributed by atoms with van der Waals surface area (Å²) in [5.41, 5.74) is 4.01. The van der Waals surface area contributed by atoms with Crippen LogP contribution >= 0.6 is 0 Å². The summed E-state index contributed by atoms with van der Waals surface area (Å²) in [4.78, 5) is 4.37. The van der Waals surface area contributed by atoms with Crippen molar-refractivity contribution in [2.45, 2.75) is 33.6 Å². The molecule has 0 aliphatic carbocycles. The SMILES string of the molecule is CC=Nc1c(C)cc(C#N)cc1CCC. The normalized spacial score (nSPS) is 10.5. The molecule has 0 radical (unpaired) electrons. The summed E-state index contributed by atoms with van der Waals surface area (Å²) in [6, 6.07) is 6.02. The average Bonchev–Trinajstić information content (AvgIpc) is 2.23. The first-order chi connectivity index (χ1) is 7.22. The standard InChI is InChI=1S/C13H16N2/c1-4-6-12-8-11(9-14)7-10(3)13(12)15-5-2/h5,7-8H,4,6H2,1-3H3. The Morgan fingerprint density at radius 1 is 1.47 bits per heavy atom. The van der Waals surface area contributed by atoms with Crippen molar-refractivity contribution in [3.63, 3.8) is 0 Å². The van der Waals surface area contributed by atoms with Crippen molar-refractivity contribution in [2.75, 3.05) is 0 Å². The van der Waals surface area contributed by atoms with Crippen LogP contribution in [0.2, 0.25) is 0 Å². The number of nitriles is 1. The van der Waals surface area contributed by atoms with E-state index in [0.29, 0.717) is 0 Å². The molecule has 2 nitrogen and oxygen atoms in total. The highest BCUT2D eigenvalue weighted by Gasteiger charge is 2.06. The van der Waals surface area contributed by atoms with E-state index in [9.17, 15) is 0 Å². The molecule has 0 heterocycles. The van der Waals surface area contributed by atoms with Crippen LogP contribution in [-0.2, 0) is 6.42 Å². The molecule has 0 saturated heterocycles. The Hall–Kier alpha value is -1.62. The average molecular weight is 200 g/mol. The van der Waals surface area contributed by atoms with Crippen LogP contribution in [0, 0.1) is 18.3 Å². The quantitative estimate of drug-likeness (QED) is 0.687. The van der Waals surface area contributed by atoms with Gasteiger partial charge in [0.2, 0.25) is 0 Å². The van der Waals surface area contributed by atoms with Gasteiger partial charge in [-0.25, -0.2) is 0 Å². The van der Waals surface area contributed by atoms with Gasteiger partial charge in [0, 0.05) is 6.21 Å². The van der Waals surface area contributed by atoms with Crippen molar-refractivity contribution >= 4 is 11.9 Å². The Labute approximate surface area is 91.3 Å². The highest BCUT2D eigenvalue weighted by atomic mass is 14.7. The van der Waals surface area contributed by atoms with E-state index >= 15 is 0 Å². The number of aryl methyl sites for hydroxylation is 2. The predicted octanol–water partition coefficient (Wildman–Crippen LogP) is 3.54. The lowest BCUT2D eigenvalue weighted by molar-refractivity contribution is 0.919. The van der Waals surface area contributed by atoms with Crippen LogP contribution in [-0.4, -0.2) is 6.21 Å². The van der Waals surface area contributed by atoms with Gasteiger partial charge in [-0.2, -0.15) is 5.26 Å². The first-order valence-corrected chi connectivity index (χ1v) is 5.25. The second kappa shape index (κ2) is 5.31. The molecule has 0 aromatic heterocycles. The van der Waals surface area contributed by atoms with E-state index in [1.54, 1.807) is 6.21 Å². The van der Waals surface area contributed by atoms with Gasteiger partial charge in [-0.1, -0.05) is 13.3 Å². The third-order valence-corrected chi connectivity index (χ3v) is 2.29. The number of rotatable bonds is 3. The maximum Gasteiger partial charge on any atom is 0.0991 e. The summed E-state index contributed by atoms with van der Waals surface area (Å²) in [7, 11) is 0. The predicted molar refractivity (Wildman–Crippen MR) is 63.7 cm³/mol. The van der Waals surface area contributed by atoms with Gasteiger partial charge >= 0.3 is 0 Å². The Balaban J connectivity index is 3.29. The Morgan fingerprint density at radius 3 is 2.73 bits per heavy atom. The van der Waals surface area contributed by atoms with E-state index in [1.807, 2.05) is 26.0 Å². The summed E-state index contributed by atoms with van der Waals surface area (Å²) in [6.07, 6.45) is 3.84. The monoisotopic (exact) mass is 200 g/mol. The summed E-state index contributed by atoms with van der Waals surface area (Å²) in [6.45, 7) is 6.05. The van der Waals surface area contributed by atoms with Gasteiger partial charge in [-0.05, 0) is 43.5 Å². The lowest BCUT2D eigenvalue weighted by atomic mass is 10.0. The first kappa shape index (κ1) is 11.5. The van der Waals surface area contributed by atoms with Crippen LogP contribution in [0.5, 0.6) is 0 Å². The Kier molecular flexibility index (Phi) is 4.05. The van der Waals surface area contributed by atoms with Crippen molar-refractivity contribution < 1.29 is 0 Å². The summed E-state index contributed by atoms with van der Waals surface area (Å²) >= 11 is 0. The van der Waals surface area contributed by atoms with Crippen LogP contribution in [0.25, 0.3) is 0 Å². The molecule has 78 valence electrons. The molecule has 2 heteroatoms. The number of hydrogen-bond acceptors (Lipinski definition) is 2. The van der Waals surface area contributed by atoms with Gasteiger partial charge in [0.15, 0.2) is 0 Å². The highest BCUT2D eigenvalue weighted by molar-refractivity contribution is 5.66. The Morgan fingerprint density at radius 2 is 2.20 bits per heavy atom. The van der Waals surface area contributed by atoms with Crippen LogP contribution < -0.4 is 0 Å². The molecule has 0 amide bonds. The van der Waals surface area contributed by atoms with Crippen molar-refractivity contribution in [3.05, 3.63) is 28.8 Å². The first-order valence-electron chi connectivity index (χ1n) is 5.25. The molecule has 0 aliphatic rings. The number of hydrogen-bond donors (Lipinski definition) is 0. The summed E-state index contributed by atoms with van der Waals surface area (Å²) < 4.78 is 0. The molecule has 1 rings (SSSR count). The van der Waals surface area contributed by atoms with Crippen LogP contribution in [0.3, 0.4) is 0 Å². The molecule has 0 atom stereocenters. The van der Waals surface area contributed by atoms with Crippen molar-refractivity contribution in [1.82, 2.24) is 0 Å². The zero-order valence-electron chi connectivity index (χ0n) is 9.54. The zero-order chi connectivity index (χ0) is 11.3. The van der Waals surface area contributed by atoms with E-state index in [2.05, 4.69) is 18.0 Å². The van der Waals surface area contributed by atoms with Crippen LogP contribution in [0.1, 0.15) is 37.0 Å². The fraction of sp³-hybridized carbons (Fsp3) is 0.385. The lowest BCUT2D eigenvalue weighted by Crippen LogP contribution is -1.90. The smallest absolute Gasteiger partial charge is 0.0991 e. The molecule has 15 heavy (non-hydrogen) atoms. The minimum atomic E-state index is 0.728. The van der Waals surface area contributed by atoms with E-state index in [-0.39, 0.29) is 0 Å². The minimum Gasteiger partial charge on any atom is -0.261 e. The maximum atomic E-state index is 8.89. The van der Waals surface area contributed by atoms with Crippen molar-refractivity contribution in [3.8, 4) is 6.07 Å². The minimum absolute atomic E-state index is 0.728. The summed E-state index contributed by atoms with van der Waals surface area (Å²) in [5, 5.41) is 8.89. The maximum absolute atomic E-state index is 8.89. The molecular formula is C13H16N2. The molecule has 0 spiro atoms. The fourth-order valence-electron chi connectivity index (χ4n) is 1.69. The van der Waals surface area contributed by atoms with E-state index in [0.717, 1.165) is 29.7 Å². The van der Waals surface area contributed by atoms with Gasteiger partial charge < -0.3 is 0 Å². The van der Waals surface area contributed by atoms with Gasteiger partial charge in [0.1, 0.15) is 0 Å². The van der Waals surface area contributed by atoms with Gasteiger partial charge in [-0.15, -0.1) is 0 Å². The third-order valence-electron chi connectivity index (χ3n) is 2.29. The molecule has 1 aromatic rings. The lowest BCUT2D eigenvalue weighted by Gasteiger charge is -2.08. The van der Waals surface area contributed by atoms with Crippen LogP contribution in [0.15, 0.2) is 17.1 Å². The Bertz CT molecular complexity index is 411. The molecule has 0 fully saturated rings. The fourth-order valence-corrected chi connectivity index (χ4v) is 1.69.